The molecule has 3 fully saturated rings. The fraction of sp³-hybridized carbons (Fsp3) is 0.627. The van der Waals surface area contributed by atoms with Crippen LogP contribution in [0.5, 0.6) is 11.5 Å². The lowest BCUT2D eigenvalue weighted by Crippen LogP contribution is -2.61. The van der Waals surface area contributed by atoms with E-state index in [0.29, 0.717) is 56.6 Å². The zero-order valence-corrected chi connectivity index (χ0v) is 40.9. The van der Waals surface area contributed by atoms with Gasteiger partial charge in [-0.05, 0) is 119 Å². The number of benzene rings is 2. The first-order chi connectivity index (χ1) is 30.6. The number of aryl methyl sites for hydroxylation is 1. The summed E-state index contributed by atoms with van der Waals surface area (Å²) >= 11 is 1.58. The highest BCUT2D eigenvalue weighted by Gasteiger charge is 2.57. The van der Waals surface area contributed by atoms with Gasteiger partial charge in [-0.1, -0.05) is 65.0 Å². The molecule has 0 saturated carbocycles. The third kappa shape index (κ3) is 10.8. The second kappa shape index (κ2) is 20.2. The van der Waals surface area contributed by atoms with E-state index in [1.807, 2.05) is 37.3 Å². The number of carboxylic acid groups (broad SMARTS) is 1. The number of hydrogen-bond acceptors (Lipinski definition) is 11. The average Bonchev–Trinajstić information content (AvgIpc) is 3.89. The van der Waals surface area contributed by atoms with E-state index in [2.05, 4.69) is 44.7 Å². The van der Waals surface area contributed by atoms with Crippen molar-refractivity contribution in [3.63, 3.8) is 0 Å². The molecule has 2 aromatic carbocycles. The number of nitrogens with zero attached hydrogens (tertiary/aromatic N) is 3. The molecule has 0 spiro atoms. The molecule has 356 valence electrons. The molecule has 2 aromatic rings. The monoisotopic (exact) mass is 917 g/mol. The Kier molecular flexibility index (Phi) is 15.6. The summed E-state index contributed by atoms with van der Waals surface area (Å²) in [4.78, 5) is 72.4. The summed E-state index contributed by atoms with van der Waals surface area (Å²) in [5.41, 5.74) is 1.77. The Morgan fingerprint density at radius 2 is 1.65 bits per heavy atom. The van der Waals surface area contributed by atoms with Crippen LogP contribution in [-0.4, -0.2) is 117 Å². The van der Waals surface area contributed by atoms with Crippen LogP contribution in [0.25, 0.3) is 0 Å². The largest absolute Gasteiger partial charge is 0.493 e. The lowest BCUT2D eigenvalue weighted by atomic mass is 9.76. The van der Waals surface area contributed by atoms with Crippen LogP contribution in [0.4, 0.5) is 0 Å². The average molecular weight is 918 g/mol. The Balaban J connectivity index is 1.16. The van der Waals surface area contributed by atoms with Gasteiger partial charge in [-0.2, -0.15) is 0 Å². The third-order valence-electron chi connectivity index (χ3n) is 14.7. The van der Waals surface area contributed by atoms with Crippen LogP contribution in [0.2, 0.25) is 0 Å². The molecule has 2 N–H and O–H groups in total. The van der Waals surface area contributed by atoms with Crippen molar-refractivity contribution in [2.24, 2.45) is 11.3 Å². The molecule has 3 saturated heterocycles. The molecule has 65 heavy (non-hydrogen) atoms. The molecule has 0 radical (unpaired) electrons. The lowest BCUT2D eigenvalue weighted by Gasteiger charge is -2.44. The van der Waals surface area contributed by atoms with Crippen molar-refractivity contribution >= 4 is 41.3 Å². The third-order valence-corrected chi connectivity index (χ3v) is 16.1. The van der Waals surface area contributed by atoms with Crippen LogP contribution >= 0.6 is 11.8 Å². The Morgan fingerprint density at radius 1 is 0.923 bits per heavy atom. The number of carboxylic acids is 1. The number of carbonyl (C=O) groups is 5. The molecular weight excluding hydrogens is 847 g/mol. The molecule has 14 heteroatoms. The molecule has 2 amide bonds. The fourth-order valence-corrected chi connectivity index (χ4v) is 11.3. The predicted molar refractivity (Wildman–Crippen MR) is 251 cm³/mol. The van der Waals surface area contributed by atoms with E-state index in [9.17, 15) is 34.2 Å². The lowest BCUT2D eigenvalue weighted by molar-refractivity contribution is -0.164. The smallest absolute Gasteiger partial charge is 0.353 e. The van der Waals surface area contributed by atoms with E-state index in [-0.39, 0.29) is 33.8 Å². The molecule has 6 atom stereocenters. The van der Waals surface area contributed by atoms with Crippen molar-refractivity contribution in [3.05, 3.63) is 69.8 Å². The molecule has 0 aromatic heterocycles. The SMILES string of the molecule is CCC(C)(C)C(=O)C(=O)N1CCCC[C@H]1C(=O)O[C@H](CCc1ccc(OC)c(OC)c1)c1cccc(C(C)(C)CCC(C)(C)N2CC[C@H](SC3=C(C(=O)O)N4C(=O)[C@H]([C@@H](C)O)[C@H]4C3)C2)c1. The molecule has 6 rings (SSSR count). The van der Waals surface area contributed by atoms with Gasteiger partial charge in [-0.25, -0.2) is 9.59 Å². The van der Waals surface area contributed by atoms with E-state index in [4.69, 9.17) is 14.2 Å². The van der Waals surface area contributed by atoms with Gasteiger partial charge in [0.1, 0.15) is 17.8 Å². The minimum Gasteiger partial charge on any atom is -0.493 e. The highest BCUT2D eigenvalue weighted by Crippen LogP contribution is 2.49. The Bertz CT molecular complexity index is 2150. The predicted octanol–water partition coefficient (Wildman–Crippen LogP) is 7.86. The van der Waals surface area contributed by atoms with Crippen LogP contribution in [0.1, 0.15) is 136 Å². The number of Topliss-reactive ketones (excluding diaryl/α,β-unsaturated/α-hetero) is 1. The minimum atomic E-state index is -1.09. The first-order valence-corrected chi connectivity index (χ1v) is 24.3. The van der Waals surface area contributed by atoms with E-state index < -0.39 is 53.2 Å². The Labute approximate surface area is 389 Å². The summed E-state index contributed by atoms with van der Waals surface area (Å²) in [5.74, 6) is -2.35. The number of thioether (sulfide) groups is 1. The van der Waals surface area contributed by atoms with Gasteiger partial charge in [-0.15, -0.1) is 11.8 Å². The number of rotatable bonds is 20. The number of ether oxygens (including phenoxy) is 3. The summed E-state index contributed by atoms with van der Waals surface area (Å²) in [5, 5.41) is 20.4. The van der Waals surface area contributed by atoms with Gasteiger partial charge < -0.3 is 34.2 Å². The zero-order chi connectivity index (χ0) is 47.6. The van der Waals surface area contributed by atoms with E-state index in [0.717, 1.165) is 60.4 Å². The Morgan fingerprint density at radius 3 is 2.31 bits per heavy atom. The number of aliphatic carboxylic acids is 1. The molecular formula is C51H71N3O10S. The molecule has 4 aliphatic heterocycles. The second-order valence-corrected chi connectivity index (χ2v) is 21.7. The number of esters is 1. The van der Waals surface area contributed by atoms with Crippen molar-refractivity contribution < 1.29 is 48.4 Å². The summed E-state index contributed by atoms with van der Waals surface area (Å²) in [6.45, 7) is 18.0. The van der Waals surface area contributed by atoms with Gasteiger partial charge in [0, 0.05) is 40.6 Å². The number of hydrogen-bond donors (Lipinski definition) is 2. The minimum absolute atomic E-state index is 0.0793. The van der Waals surface area contributed by atoms with Crippen molar-refractivity contribution in [1.82, 2.24) is 14.7 Å². The molecule has 0 aliphatic carbocycles. The highest BCUT2D eigenvalue weighted by molar-refractivity contribution is 8.03. The normalized spacial score (nSPS) is 22.6. The number of likely N-dealkylation sites (tertiary alicyclic amines) is 2. The first-order valence-electron chi connectivity index (χ1n) is 23.4. The van der Waals surface area contributed by atoms with Crippen molar-refractivity contribution in [2.75, 3.05) is 33.9 Å². The van der Waals surface area contributed by atoms with Crippen molar-refractivity contribution in [3.8, 4) is 11.5 Å². The van der Waals surface area contributed by atoms with E-state index >= 15 is 0 Å². The summed E-state index contributed by atoms with van der Waals surface area (Å²) in [6, 6.07) is 12.9. The Hall–Kier alpha value is -4.40. The summed E-state index contributed by atoms with van der Waals surface area (Å²) < 4.78 is 17.5. The number of methoxy groups -OCH3 is 2. The molecule has 4 heterocycles. The number of fused-ring (bicyclic) bond motifs is 1. The second-order valence-electron chi connectivity index (χ2n) is 20.3. The maximum absolute atomic E-state index is 14.3. The topological polar surface area (TPSA) is 163 Å². The maximum Gasteiger partial charge on any atom is 0.353 e. The van der Waals surface area contributed by atoms with E-state index in [1.165, 1.54) is 9.80 Å². The van der Waals surface area contributed by atoms with Crippen molar-refractivity contribution in [1.29, 1.82) is 0 Å². The number of piperidine rings is 1. The summed E-state index contributed by atoms with van der Waals surface area (Å²) in [6.07, 6.45) is 5.10. The summed E-state index contributed by atoms with van der Waals surface area (Å²) in [7, 11) is 3.19. The quantitative estimate of drug-likeness (QED) is 0.0753. The molecule has 4 aliphatic rings. The van der Waals surface area contributed by atoms with Gasteiger partial charge in [0.05, 0.1) is 32.3 Å². The number of β-lactam (4-membered cyclic amide) rings is 1. The van der Waals surface area contributed by atoms with Gasteiger partial charge in [0.15, 0.2) is 11.5 Å². The highest BCUT2D eigenvalue weighted by atomic mass is 32.2. The number of ketones is 1. The van der Waals surface area contributed by atoms with E-state index in [1.54, 1.807) is 46.8 Å². The van der Waals surface area contributed by atoms with Gasteiger partial charge in [0.2, 0.25) is 11.7 Å². The van der Waals surface area contributed by atoms with Crippen LogP contribution in [0, 0.1) is 11.3 Å². The standard InChI is InChI=1S/C51H71N3O10S/c1-11-49(3,4)44(56)46(58)53-25-13-12-17-36(53)48(61)64-38(20-18-32-19-21-39(62-9)40(27-32)63-10)33-15-14-16-34(28-33)50(5,6)23-24-51(7,8)52-26-22-35(30-52)65-41-29-37-42(31(2)55)45(57)54(37)43(41)47(59)60/h14-16,19,21,27-28,31,35-38,42,55H,11-13,17-18,20,22-26,29-30H2,1-10H3,(H,59,60)/t31-,35+,36+,37-,38-,42-/m1/s1. The number of amides is 2. The number of carbonyl (C=O) groups excluding carboxylic acids is 4. The molecule has 0 unspecified atom stereocenters. The molecule has 0 bridgehead atoms. The fourth-order valence-electron chi connectivity index (χ4n) is 9.84. The number of aliphatic hydroxyl groups is 1. The van der Waals surface area contributed by atoms with Gasteiger partial charge in [0.25, 0.3) is 5.91 Å². The number of aliphatic hydroxyl groups excluding tert-OH is 1. The molecule has 13 nitrogen and oxygen atoms in total. The van der Waals surface area contributed by atoms with Crippen molar-refractivity contribution in [2.45, 2.75) is 160 Å². The van der Waals surface area contributed by atoms with Gasteiger partial charge in [-0.3, -0.25) is 19.3 Å². The van der Waals surface area contributed by atoms with Crippen LogP contribution < -0.4 is 9.47 Å². The zero-order valence-electron chi connectivity index (χ0n) is 40.1. The maximum atomic E-state index is 14.3. The van der Waals surface area contributed by atoms with Crippen LogP contribution in [0.3, 0.4) is 0 Å². The first kappa shape index (κ1) is 50.0. The van der Waals surface area contributed by atoms with Crippen LogP contribution in [0.15, 0.2) is 53.1 Å². The van der Waals surface area contributed by atoms with Crippen LogP contribution in [-0.2, 0) is 40.5 Å². The van der Waals surface area contributed by atoms with Gasteiger partial charge >= 0.3 is 11.9 Å².